The number of aromatic amines is 1. The topological polar surface area (TPSA) is 114 Å². The second-order valence-electron chi connectivity index (χ2n) is 8.05. The Morgan fingerprint density at radius 3 is 2.47 bits per heavy atom. The number of rotatable bonds is 9. The van der Waals surface area contributed by atoms with Crippen LogP contribution in [0, 0.1) is 0 Å². The molecule has 0 amide bonds. The largest absolute Gasteiger partial charge is 0.481 e. The van der Waals surface area contributed by atoms with Gasteiger partial charge in [-0.2, -0.15) is 5.10 Å². The molecule has 8 nitrogen and oxygen atoms in total. The van der Waals surface area contributed by atoms with Crippen LogP contribution in [-0.4, -0.2) is 44.2 Å². The molecule has 2 heterocycles. The molecule has 0 fully saturated rings. The fourth-order valence-electron chi connectivity index (χ4n) is 3.87. The normalized spacial score (nSPS) is 11.0. The van der Waals surface area contributed by atoms with Crippen LogP contribution in [0.4, 0.5) is 0 Å². The quantitative estimate of drug-likeness (QED) is 0.287. The SMILES string of the molecule is CCOC(=O)c1cc2cc(-c3cc(C(=O)CCc4ccc(CC(=O)O)cc4)nn3C)ccc2[nH]1. The number of aromatic nitrogens is 3. The summed E-state index contributed by atoms with van der Waals surface area (Å²) in [6, 6.07) is 16.5. The van der Waals surface area contributed by atoms with Gasteiger partial charge in [-0.25, -0.2) is 4.79 Å². The molecule has 0 aliphatic rings. The van der Waals surface area contributed by atoms with Gasteiger partial charge < -0.3 is 14.8 Å². The van der Waals surface area contributed by atoms with Gasteiger partial charge in [0.1, 0.15) is 11.4 Å². The molecule has 0 atom stereocenters. The molecule has 2 N–H and O–H groups in total. The van der Waals surface area contributed by atoms with Crippen LogP contribution in [0.2, 0.25) is 0 Å². The van der Waals surface area contributed by atoms with Gasteiger partial charge in [0.15, 0.2) is 5.78 Å². The molecule has 4 rings (SSSR count). The second-order valence-corrected chi connectivity index (χ2v) is 8.05. The Labute approximate surface area is 196 Å². The van der Waals surface area contributed by atoms with Crippen molar-refractivity contribution in [2.45, 2.75) is 26.2 Å². The van der Waals surface area contributed by atoms with Crippen LogP contribution in [0.25, 0.3) is 22.2 Å². The Balaban J connectivity index is 1.47. The van der Waals surface area contributed by atoms with E-state index in [1.807, 2.05) is 30.3 Å². The Hall–Kier alpha value is -4.20. The number of benzene rings is 2. The number of carbonyl (C=O) groups excluding carboxylic acids is 2. The van der Waals surface area contributed by atoms with E-state index in [9.17, 15) is 14.4 Å². The monoisotopic (exact) mass is 459 g/mol. The molecule has 0 radical (unpaired) electrons. The fraction of sp³-hybridized carbons (Fsp3) is 0.231. The molecule has 34 heavy (non-hydrogen) atoms. The van der Waals surface area contributed by atoms with Gasteiger partial charge in [-0.1, -0.05) is 30.3 Å². The van der Waals surface area contributed by atoms with Crippen LogP contribution in [0.15, 0.2) is 54.6 Å². The number of fused-ring (bicyclic) bond motifs is 1. The van der Waals surface area contributed by atoms with Crippen LogP contribution in [0.5, 0.6) is 0 Å². The van der Waals surface area contributed by atoms with Crippen molar-refractivity contribution in [1.82, 2.24) is 14.8 Å². The average molecular weight is 460 g/mol. The van der Waals surface area contributed by atoms with E-state index in [-0.39, 0.29) is 12.2 Å². The number of nitrogens with one attached hydrogen (secondary N) is 1. The molecule has 0 aliphatic carbocycles. The lowest BCUT2D eigenvalue weighted by atomic mass is 10.0. The van der Waals surface area contributed by atoms with E-state index in [0.717, 1.165) is 33.3 Å². The summed E-state index contributed by atoms with van der Waals surface area (Å²) < 4.78 is 6.73. The molecule has 0 unspecified atom stereocenters. The van der Waals surface area contributed by atoms with E-state index in [4.69, 9.17) is 9.84 Å². The van der Waals surface area contributed by atoms with Gasteiger partial charge >= 0.3 is 11.9 Å². The highest BCUT2D eigenvalue weighted by Crippen LogP contribution is 2.26. The highest BCUT2D eigenvalue weighted by Gasteiger charge is 2.16. The molecule has 0 saturated carbocycles. The molecule has 0 aliphatic heterocycles. The van der Waals surface area contributed by atoms with Crippen LogP contribution >= 0.6 is 0 Å². The van der Waals surface area contributed by atoms with Gasteiger partial charge in [-0.15, -0.1) is 0 Å². The highest BCUT2D eigenvalue weighted by molar-refractivity contribution is 5.97. The summed E-state index contributed by atoms with van der Waals surface area (Å²) in [5.74, 6) is -1.34. The van der Waals surface area contributed by atoms with E-state index >= 15 is 0 Å². The maximum atomic E-state index is 12.8. The first-order chi connectivity index (χ1) is 16.3. The fourth-order valence-corrected chi connectivity index (χ4v) is 3.87. The number of esters is 1. The number of ketones is 1. The standard InChI is InChI=1S/C26H25N3O5/c1-3-34-26(33)22-14-19-13-18(9-10-20(19)27-22)23-15-21(28-29(23)2)24(30)11-8-16-4-6-17(7-5-16)12-25(31)32/h4-7,9-10,13-15,27H,3,8,11-12H2,1-2H3,(H,31,32). The third-order valence-electron chi connectivity index (χ3n) is 5.60. The molecule has 0 spiro atoms. The molecule has 4 aromatic rings. The predicted molar refractivity (Wildman–Crippen MR) is 127 cm³/mol. The van der Waals surface area contributed by atoms with Gasteiger partial charge in [-0.3, -0.25) is 14.3 Å². The minimum absolute atomic E-state index is 0.0192. The van der Waals surface area contributed by atoms with Crippen molar-refractivity contribution < 1.29 is 24.2 Å². The molecule has 174 valence electrons. The summed E-state index contributed by atoms with van der Waals surface area (Å²) in [4.78, 5) is 38.6. The Morgan fingerprint density at radius 2 is 1.76 bits per heavy atom. The van der Waals surface area contributed by atoms with Crippen molar-refractivity contribution >= 4 is 28.6 Å². The Morgan fingerprint density at radius 1 is 1.03 bits per heavy atom. The maximum Gasteiger partial charge on any atom is 0.354 e. The van der Waals surface area contributed by atoms with Gasteiger partial charge in [0.2, 0.25) is 0 Å². The summed E-state index contributed by atoms with van der Waals surface area (Å²) in [5, 5.41) is 14.1. The highest BCUT2D eigenvalue weighted by atomic mass is 16.5. The van der Waals surface area contributed by atoms with Gasteiger partial charge in [-0.05, 0) is 48.7 Å². The van der Waals surface area contributed by atoms with Crippen LogP contribution in [0.3, 0.4) is 0 Å². The average Bonchev–Trinajstić information content (AvgIpc) is 3.41. The number of carboxylic acids is 1. The number of carboxylic acid groups (broad SMARTS) is 1. The maximum absolute atomic E-state index is 12.8. The Bertz CT molecular complexity index is 1370. The summed E-state index contributed by atoms with van der Waals surface area (Å²) in [7, 11) is 1.79. The van der Waals surface area contributed by atoms with Crippen molar-refractivity contribution in [3.63, 3.8) is 0 Å². The van der Waals surface area contributed by atoms with E-state index < -0.39 is 11.9 Å². The Kier molecular flexibility index (Phi) is 6.58. The van der Waals surface area contributed by atoms with Crippen LogP contribution in [0.1, 0.15) is 45.4 Å². The van der Waals surface area contributed by atoms with E-state index in [2.05, 4.69) is 10.1 Å². The molecular formula is C26H25N3O5. The van der Waals surface area contributed by atoms with Crippen molar-refractivity contribution in [1.29, 1.82) is 0 Å². The summed E-state index contributed by atoms with van der Waals surface area (Å²) in [6.07, 6.45) is 0.827. The zero-order valence-electron chi connectivity index (χ0n) is 19.0. The van der Waals surface area contributed by atoms with E-state index in [0.29, 0.717) is 30.8 Å². The molecular weight excluding hydrogens is 434 g/mol. The van der Waals surface area contributed by atoms with Gasteiger partial charge in [0.05, 0.1) is 18.7 Å². The number of aryl methyl sites for hydroxylation is 2. The van der Waals surface area contributed by atoms with Crippen LogP contribution in [-0.2, 0) is 29.4 Å². The minimum atomic E-state index is -0.871. The van der Waals surface area contributed by atoms with Crippen LogP contribution < -0.4 is 0 Å². The first kappa shape index (κ1) is 23.0. The summed E-state index contributed by atoms with van der Waals surface area (Å²) >= 11 is 0. The summed E-state index contributed by atoms with van der Waals surface area (Å²) in [5.41, 5.74) is 4.97. The van der Waals surface area contributed by atoms with Gasteiger partial charge in [0.25, 0.3) is 0 Å². The van der Waals surface area contributed by atoms with Crippen molar-refractivity contribution in [3.8, 4) is 11.3 Å². The number of hydrogen-bond donors (Lipinski definition) is 2. The first-order valence-electron chi connectivity index (χ1n) is 11.0. The third-order valence-corrected chi connectivity index (χ3v) is 5.60. The zero-order chi connectivity index (χ0) is 24.2. The molecule has 0 saturated heterocycles. The lowest BCUT2D eigenvalue weighted by molar-refractivity contribution is -0.136. The number of hydrogen-bond acceptors (Lipinski definition) is 5. The predicted octanol–water partition coefficient (Wildman–Crippen LogP) is 4.19. The van der Waals surface area contributed by atoms with Crippen molar-refractivity contribution in [2.75, 3.05) is 6.61 Å². The number of carbonyl (C=O) groups is 3. The summed E-state index contributed by atoms with van der Waals surface area (Å²) in [6.45, 7) is 2.07. The number of Topliss-reactive ketones (excluding diaryl/α,β-unsaturated/α-hetero) is 1. The number of aliphatic carboxylic acids is 1. The zero-order valence-corrected chi connectivity index (χ0v) is 19.0. The minimum Gasteiger partial charge on any atom is -0.481 e. The van der Waals surface area contributed by atoms with Gasteiger partial charge in [0, 0.05) is 29.9 Å². The first-order valence-corrected chi connectivity index (χ1v) is 11.0. The lowest BCUT2D eigenvalue weighted by Gasteiger charge is -2.02. The lowest BCUT2D eigenvalue weighted by Crippen LogP contribution is -2.04. The molecule has 2 aromatic heterocycles. The second kappa shape index (κ2) is 9.74. The smallest absolute Gasteiger partial charge is 0.354 e. The third kappa shape index (κ3) is 5.06. The van der Waals surface area contributed by atoms with E-state index in [1.54, 1.807) is 42.9 Å². The van der Waals surface area contributed by atoms with Crippen molar-refractivity contribution in [2.24, 2.45) is 7.05 Å². The van der Waals surface area contributed by atoms with E-state index in [1.165, 1.54) is 0 Å². The number of ether oxygens (including phenoxy) is 1. The molecule has 2 aromatic carbocycles. The number of H-pyrrole nitrogens is 1. The molecule has 0 bridgehead atoms. The van der Waals surface area contributed by atoms with Crippen molar-refractivity contribution in [3.05, 3.63) is 77.1 Å². The molecule has 8 heteroatoms. The number of nitrogens with zero attached hydrogens (tertiary/aromatic N) is 2.